The van der Waals surface area contributed by atoms with Gasteiger partial charge in [0.15, 0.2) is 52.7 Å². The van der Waals surface area contributed by atoms with E-state index in [0.29, 0.717) is 70.0 Å². The van der Waals surface area contributed by atoms with Crippen molar-refractivity contribution in [1.82, 2.24) is 24.9 Å². The van der Waals surface area contributed by atoms with Gasteiger partial charge in [-0.25, -0.2) is 17.6 Å². The minimum absolute atomic E-state index is 0.0614. The zero-order valence-electron chi connectivity index (χ0n) is 38.4. The van der Waals surface area contributed by atoms with E-state index in [1.54, 1.807) is 18.7 Å². The number of halogens is 4. The van der Waals surface area contributed by atoms with Crippen molar-refractivity contribution in [2.24, 2.45) is 0 Å². The summed E-state index contributed by atoms with van der Waals surface area (Å²) < 4.78 is 77.9. The van der Waals surface area contributed by atoms with Crippen molar-refractivity contribution in [1.29, 1.82) is 0 Å². The third-order valence-corrected chi connectivity index (χ3v) is 11.2. The van der Waals surface area contributed by atoms with E-state index in [4.69, 9.17) is 23.7 Å². The van der Waals surface area contributed by atoms with Crippen LogP contribution < -0.4 is 14.8 Å². The first kappa shape index (κ1) is 53.1. The van der Waals surface area contributed by atoms with Gasteiger partial charge in [0.25, 0.3) is 11.8 Å². The molecule has 370 valence electrons. The predicted molar refractivity (Wildman–Crippen MR) is 243 cm³/mol. The molecule has 0 unspecified atom stereocenters. The Morgan fingerprint density at radius 2 is 1.22 bits per heavy atom. The number of benzene rings is 4. The second-order valence-corrected chi connectivity index (χ2v) is 15.9. The monoisotopic (exact) mass is 966 g/mol. The van der Waals surface area contributed by atoms with E-state index in [0.717, 1.165) is 50.6 Å². The van der Waals surface area contributed by atoms with Crippen LogP contribution in [0.1, 0.15) is 58.5 Å². The third kappa shape index (κ3) is 14.8. The van der Waals surface area contributed by atoms with Gasteiger partial charge in [-0.3, -0.25) is 24.1 Å². The van der Waals surface area contributed by atoms with Crippen molar-refractivity contribution in [3.05, 3.63) is 113 Å². The van der Waals surface area contributed by atoms with Crippen LogP contribution >= 0.6 is 0 Å². The topological polar surface area (TPSA) is 188 Å². The number of piperazine rings is 2. The predicted octanol–water partition coefficient (Wildman–Crippen LogP) is 6.01. The van der Waals surface area contributed by atoms with Crippen LogP contribution in [0.5, 0.6) is 34.5 Å². The number of rotatable bonds is 10. The Labute approximate surface area is 397 Å². The molecule has 4 heterocycles. The maximum absolute atomic E-state index is 14.7. The minimum Gasteiger partial charge on any atom is -0.504 e. The first-order chi connectivity index (χ1) is 33.2. The van der Waals surface area contributed by atoms with E-state index >= 15 is 0 Å². The molecule has 4 aliphatic rings. The van der Waals surface area contributed by atoms with Gasteiger partial charge in [-0.05, 0) is 72.5 Å². The molecular formula is C49H56F4N5O11+. The summed E-state index contributed by atoms with van der Waals surface area (Å²) in [5, 5.41) is 22.6. The number of hydrogen-bond acceptors (Lipinski definition) is 12. The molecule has 20 heteroatoms. The molecule has 16 nitrogen and oxygen atoms in total. The van der Waals surface area contributed by atoms with Crippen LogP contribution in [0.2, 0.25) is 0 Å². The molecule has 0 radical (unpaired) electrons. The van der Waals surface area contributed by atoms with Crippen molar-refractivity contribution in [2.45, 2.75) is 39.5 Å². The highest BCUT2D eigenvalue weighted by Crippen LogP contribution is 2.36. The van der Waals surface area contributed by atoms with Gasteiger partial charge in [0.1, 0.15) is 31.4 Å². The molecule has 8 rings (SSSR count). The van der Waals surface area contributed by atoms with Crippen LogP contribution in [0, 0.1) is 29.7 Å². The molecule has 0 aromatic heterocycles. The highest BCUT2D eigenvalue weighted by molar-refractivity contribution is 5.98. The second-order valence-electron chi connectivity index (χ2n) is 15.9. The number of morpholine rings is 1. The lowest BCUT2D eigenvalue weighted by Crippen LogP contribution is -2.56. The van der Waals surface area contributed by atoms with Gasteiger partial charge < -0.3 is 54.0 Å². The molecule has 0 bridgehead atoms. The normalized spacial score (nSPS) is 16.0. The smallest absolute Gasteiger partial charge is 0.254 e. The molecule has 4 aliphatic heterocycles. The van der Waals surface area contributed by atoms with Crippen molar-refractivity contribution in [3.63, 3.8) is 0 Å². The number of ether oxygens (including phenoxy) is 4. The van der Waals surface area contributed by atoms with E-state index in [2.05, 4.69) is 16.6 Å². The summed E-state index contributed by atoms with van der Waals surface area (Å²) in [7, 11) is 0. The molecule has 4 amide bonds. The van der Waals surface area contributed by atoms with Crippen molar-refractivity contribution in [2.75, 3.05) is 85.5 Å². The summed E-state index contributed by atoms with van der Waals surface area (Å²) in [6.45, 7) is 11.8. The lowest BCUT2D eigenvalue weighted by molar-refractivity contribution is -0.138. The molecule has 4 aromatic rings. The minimum atomic E-state index is -0.846. The average Bonchev–Trinajstić information content (AvgIpc) is 3.36. The molecule has 4 saturated heterocycles. The molecule has 69 heavy (non-hydrogen) atoms. The van der Waals surface area contributed by atoms with Crippen LogP contribution in [-0.4, -0.2) is 146 Å². The standard InChI is InChI=1S/C24H27F2N3O5.C19H18F2N2O4.C5H9O.CH2O/c1-2-16-12-20(30)22(13-18(16)25)34-21-4-3-17(11-19(21)26)24(32)28-5-6-29(23(31)14-28)15-27-7-9-33-10-8-27;1-2-11-8-15(24)17(9-13(11)20)27-16-4-3-12(7-14(16)21)19(26)23-6-5-22-18(25)10-23;1-2-4-6-5-3-1;1-2/h3-4,11-13,30H,2,5-10,14-15H2,1H3;3-4,7-9,24H,2,5-6,10H2,1H3,(H,22,25);2H,1,3-5H2;1H2/q;;+1;. The van der Waals surface area contributed by atoms with E-state index in [1.807, 2.05) is 6.79 Å². The molecule has 4 aromatic carbocycles. The van der Waals surface area contributed by atoms with E-state index in [1.165, 1.54) is 59.0 Å². The number of carbonyl (C=O) groups excluding carboxylic acids is 5. The van der Waals surface area contributed by atoms with Crippen LogP contribution in [0.4, 0.5) is 17.6 Å². The number of aryl methyl sites for hydroxylation is 2. The van der Waals surface area contributed by atoms with Crippen LogP contribution in [-0.2, 0) is 36.7 Å². The Bertz CT molecular complexity index is 2410. The van der Waals surface area contributed by atoms with Crippen molar-refractivity contribution < 1.29 is 70.7 Å². The lowest BCUT2D eigenvalue weighted by atomic mass is 10.1. The van der Waals surface area contributed by atoms with Gasteiger partial charge >= 0.3 is 0 Å². The zero-order valence-corrected chi connectivity index (χ0v) is 38.4. The van der Waals surface area contributed by atoms with Gasteiger partial charge in [0.2, 0.25) is 11.8 Å². The summed E-state index contributed by atoms with van der Waals surface area (Å²) >= 11 is 0. The quantitative estimate of drug-likeness (QED) is 0.124. The Hall–Kier alpha value is -6.90. The third-order valence-electron chi connectivity index (χ3n) is 11.2. The second kappa shape index (κ2) is 26.0. The molecule has 3 N–H and O–H groups in total. The van der Waals surface area contributed by atoms with Gasteiger partial charge in [-0.1, -0.05) is 13.8 Å². The maximum atomic E-state index is 14.7. The number of carbonyl (C=O) groups is 5. The SMILES string of the molecule is C=O.CCc1cc(O)c(Oc2ccc(C(=O)N3CCN(CN4CCOCC4)C(=O)C3)cc2F)cc1F.CCc1cc(O)c(Oc2ccc(C(=O)N3CCNC(=O)C3)cc2F)cc1F.[CH+]1CCCOC1. The molecule has 0 spiro atoms. The highest BCUT2D eigenvalue weighted by atomic mass is 19.1. The molecule has 0 saturated carbocycles. The number of aromatic hydroxyl groups is 2. The molecule has 0 atom stereocenters. The van der Waals surface area contributed by atoms with Gasteiger partial charge in [-0.2, -0.15) is 0 Å². The number of amides is 4. The number of nitrogens with zero attached hydrogens (tertiary/aromatic N) is 4. The average molecular weight is 967 g/mol. The summed E-state index contributed by atoms with van der Waals surface area (Å²) in [5.41, 5.74) is 0.750. The Morgan fingerprint density at radius 3 is 1.64 bits per heavy atom. The lowest BCUT2D eigenvalue weighted by Gasteiger charge is -2.38. The Kier molecular flexibility index (Phi) is 20.0. The molecular weight excluding hydrogens is 911 g/mol. The van der Waals surface area contributed by atoms with E-state index in [9.17, 15) is 47.0 Å². The van der Waals surface area contributed by atoms with Crippen molar-refractivity contribution in [3.8, 4) is 34.5 Å². The van der Waals surface area contributed by atoms with Crippen molar-refractivity contribution >= 4 is 30.4 Å². The molecule has 0 aliphatic carbocycles. The fraction of sp³-hybridized carbons (Fsp3) is 0.388. The fourth-order valence-electron chi connectivity index (χ4n) is 7.32. The van der Waals surface area contributed by atoms with Gasteiger partial charge in [-0.15, -0.1) is 0 Å². The Morgan fingerprint density at radius 1 is 0.681 bits per heavy atom. The number of nitrogens with one attached hydrogen (secondary N) is 1. The number of phenolic OH excluding ortho intramolecular Hbond substituents is 2. The highest BCUT2D eigenvalue weighted by Gasteiger charge is 2.30. The maximum Gasteiger partial charge on any atom is 0.254 e. The zero-order chi connectivity index (χ0) is 50.0. The summed E-state index contributed by atoms with van der Waals surface area (Å²) in [5.74, 6) is -5.82. The van der Waals surface area contributed by atoms with Crippen LogP contribution in [0.25, 0.3) is 0 Å². The van der Waals surface area contributed by atoms with Gasteiger partial charge in [0, 0.05) is 68.9 Å². The largest absolute Gasteiger partial charge is 0.504 e. The van der Waals surface area contributed by atoms with Gasteiger partial charge in [0.05, 0.1) is 39.5 Å². The fourth-order valence-corrected chi connectivity index (χ4v) is 7.32. The summed E-state index contributed by atoms with van der Waals surface area (Å²) in [6, 6.07) is 11.6. The van der Waals surface area contributed by atoms with E-state index in [-0.39, 0.29) is 70.5 Å². The first-order valence-electron chi connectivity index (χ1n) is 22.3. The van der Waals surface area contributed by atoms with E-state index < -0.39 is 35.1 Å². The number of phenols is 2. The number of hydrogen-bond donors (Lipinski definition) is 3. The van der Waals surface area contributed by atoms with Crippen LogP contribution in [0.15, 0.2) is 60.7 Å². The first-order valence-corrected chi connectivity index (χ1v) is 22.3. The summed E-state index contributed by atoms with van der Waals surface area (Å²) in [4.78, 5) is 63.8. The molecule has 4 fully saturated rings. The summed E-state index contributed by atoms with van der Waals surface area (Å²) in [6.07, 6.45) is 5.41. The van der Waals surface area contributed by atoms with Crippen LogP contribution in [0.3, 0.4) is 0 Å². The Balaban J connectivity index is 0.000000226.